The number of carbonyl (C=O) groups excluding carboxylic acids is 1. The molecule has 1 heterocycles. The Bertz CT molecular complexity index is 406. The molecule has 0 saturated carbocycles. The van der Waals surface area contributed by atoms with Gasteiger partial charge in [0.05, 0.1) is 6.61 Å². The van der Waals surface area contributed by atoms with Crippen LogP contribution in [0.3, 0.4) is 0 Å². The molecule has 0 spiro atoms. The van der Waals surface area contributed by atoms with Gasteiger partial charge in [-0.05, 0) is 13.5 Å². The van der Waals surface area contributed by atoms with Crippen LogP contribution in [0.15, 0.2) is 0 Å². The monoisotopic (exact) mass is 412 g/mol. The quantitative estimate of drug-likeness (QED) is 0.316. The lowest BCUT2D eigenvalue weighted by Crippen LogP contribution is -2.32. The van der Waals surface area contributed by atoms with Gasteiger partial charge in [0.1, 0.15) is 6.10 Å². The second kappa shape index (κ2) is 16.9. The van der Waals surface area contributed by atoms with E-state index in [0.717, 1.165) is 19.4 Å². The highest BCUT2D eigenvalue weighted by atomic mass is 16.6. The van der Waals surface area contributed by atoms with E-state index in [1.807, 2.05) is 14.1 Å². The first-order valence-electron chi connectivity index (χ1n) is 12.3. The number of rotatable bonds is 17. The molecule has 0 aliphatic carbocycles. The Balaban J connectivity index is 1.89. The Morgan fingerprint density at radius 3 is 1.86 bits per heavy atom. The minimum absolute atomic E-state index is 0.0940. The van der Waals surface area contributed by atoms with Gasteiger partial charge < -0.3 is 14.7 Å². The van der Waals surface area contributed by atoms with Crippen LogP contribution in [0.1, 0.15) is 103 Å². The highest BCUT2D eigenvalue weighted by molar-refractivity contribution is 5.67. The number of aliphatic hydroxyl groups excluding tert-OH is 1. The molecule has 1 saturated heterocycles. The van der Waals surface area contributed by atoms with Gasteiger partial charge in [-0.25, -0.2) is 4.79 Å². The first-order valence-corrected chi connectivity index (χ1v) is 12.3. The molecular weight excluding hydrogens is 364 g/mol. The van der Waals surface area contributed by atoms with E-state index in [1.54, 1.807) is 4.90 Å². The zero-order valence-corrected chi connectivity index (χ0v) is 19.5. The van der Waals surface area contributed by atoms with Crippen molar-refractivity contribution in [3.05, 3.63) is 0 Å². The predicted octanol–water partition coefficient (Wildman–Crippen LogP) is 5.60. The summed E-state index contributed by atoms with van der Waals surface area (Å²) in [6, 6.07) is 0.115. The molecule has 1 rings (SSSR count). The van der Waals surface area contributed by atoms with Crippen LogP contribution in [0.25, 0.3) is 0 Å². The third kappa shape index (κ3) is 12.5. The summed E-state index contributed by atoms with van der Waals surface area (Å²) < 4.78 is 5.58. The van der Waals surface area contributed by atoms with Crippen molar-refractivity contribution >= 4 is 6.09 Å². The molecule has 1 aliphatic heterocycles. The van der Waals surface area contributed by atoms with E-state index in [2.05, 4.69) is 11.8 Å². The summed E-state index contributed by atoms with van der Waals surface area (Å²) >= 11 is 0. The number of amides is 1. The Hall–Kier alpha value is -0.810. The van der Waals surface area contributed by atoms with Crippen LogP contribution >= 0.6 is 0 Å². The summed E-state index contributed by atoms with van der Waals surface area (Å²) in [5.41, 5.74) is 0. The highest BCUT2D eigenvalue weighted by Gasteiger charge is 2.31. The van der Waals surface area contributed by atoms with Gasteiger partial charge in [-0.1, -0.05) is 90.4 Å². The molecule has 1 unspecified atom stereocenters. The van der Waals surface area contributed by atoms with Gasteiger partial charge in [0.2, 0.25) is 0 Å². The summed E-state index contributed by atoms with van der Waals surface area (Å²) in [7, 11) is 3.79. The molecular formula is C24H48N2O3. The van der Waals surface area contributed by atoms with Crippen molar-refractivity contribution in [1.29, 1.82) is 0 Å². The van der Waals surface area contributed by atoms with Crippen LogP contribution in [0.2, 0.25) is 0 Å². The maximum atomic E-state index is 12.2. The first-order chi connectivity index (χ1) is 14.1. The third-order valence-corrected chi connectivity index (χ3v) is 6.29. The van der Waals surface area contributed by atoms with E-state index < -0.39 is 0 Å². The van der Waals surface area contributed by atoms with E-state index in [1.165, 1.54) is 83.5 Å². The molecule has 0 radical (unpaired) electrons. The van der Waals surface area contributed by atoms with Gasteiger partial charge in [0, 0.05) is 32.6 Å². The Morgan fingerprint density at radius 1 is 0.931 bits per heavy atom. The summed E-state index contributed by atoms with van der Waals surface area (Å²) in [6.07, 6.45) is 19.2. The molecule has 1 amide bonds. The molecule has 0 aromatic rings. The van der Waals surface area contributed by atoms with E-state index >= 15 is 0 Å². The molecule has 0 bridgehead atoms. The van der Waals surface area contributed by atoms with Gasteiger partial charge in [0.25, 0.3) is 0 Å². The molecule has 172 valence electrons. The van der Waals surface area contributed by atoms with Crippen LogP contribution in [0, 0.1) is 0 Å². The number of aliphatic hydroxyl groups is 1. The van der Waals surface area contributed by atoms with Crippen LogP contribution in [0.5, 0.6) is 0 Å². The number of nitrogens with zero attached hydrogens (tertiary/aromatic N) is 2. The predicted molar refractivity (Wildman–Crippen MR) is 121 cm³/mol. The van der Waals surface area contributed by atoms with E-state index in [-0.39, 0.29) is 24.8 Å². The standard InChI is InChI=1S/C24H48N2O3/c1-4-5-6-7-8-9-10-11-12-13-14-15-16-17-18-25(2)24(28)29-23-19-22(21-27)26(3)20-23/h22-23,27H,4-21H2,1-3H3/t22?,23-/m1/s1. The van der Waals surface area contributed by atoms with Crippen molar-refractivity contribution in [3.8, 4) is 0 Å². The van der Waals surface area contributed by atoms with Crippen molar-refractivity contribution in [2.45, 2.75) is 115 Å². The largest absolute Gasteiger partial charge is 0.445 e. The molecule has 0 aromatic carbocycles. The molecule has 29 heavy (non-hydrogen) atoms. The smallest absolute Gasteiger partial charge is 0.409 e. The summed E-state index contributed by atoms with van der Waals surface area (Å²) in [6.45, 7) is 3.88. The molecule has 5 heteroatoms. The summed E-state index contributed by atoms with van der Waals surface area (Å²) in [5, 5.41) is 9.30. The fourth-order valence-corrected chi connectivity index (χ4v) is 4.19. The lowest BCUT2D eigenvalue weighted by atomic mass is 10.0. The average molecular weight is 413 g/mol. The number of carbonyl (C=O) groups is 1. The van der Waals surface area contributed by atoms with Gasteiger partial charge >= 0.3 is 6.09 Å². The summed E-state index contributed by atoms with van der Waals surface area (Å²) in [4.78, 5) is 16.0. The minimum Gasteiger partial charge on any atom is -0.445 e. The fraction of sp³-hybridized carbons (Fsp3) is 0.958. The number of hydrogen-bond acceptors (Lipinski definition) is 4. The minimum atomic E-state index is -0.225. The van der Waals surface area contributed by atoms with Crippen molar-refractivity contribution in [2.75, 3.05) is 33.8 Å². The normalized spacial score (nSPS) is 19.6. The summed E-state index contributed by atoms with van der Waals surface area (Å²) in [5.74, 6) is 0. The number of likely N-dealkylation sites (tertiary alicyclic amines) is 1. The molecule has 0 aromatic heterocycles. The SMILES string of the molecule is CCCCCCCCCCCCCCCCN(C)C(=O)O[C@@H]1CC(CO)N(C)C1. The zero-order valence-electron chi connectivity index (χ0n) is 19.5. The number of likely N-dealkylation sites (N-methyl/N-ethyl adjacent to an activating group) is 1. The van der Waals surface area contributed by atoms with Crippen molar-refractivity contribution < 1.29 is 14.6 Å². The van der Waals surface area contributed by atoms with Crippen LogP contribution in [0.4, 0.5) is 4.79 Å². The first kappa shape index (κ1) is 26.2. The van der Waals surface area contributed by atoms with Crippen molar-refractivity contribution in [2.24, 2.45) is 0 Å². The van der Waals surface area contributed by atoms with Crippen molar-refractivity contribution in [1.82, 2.24) is 9.80 Å². The van der Waals surface area contributed by atoms with Crippen LogP contribution in [-0.2, 0) is 4.74 Å². The molecule has 1 aliphatic rings. The van der Waals surface area contributed by atoms with E-state index in [9.17, 15) is 9.90 Å². The number of ether oxygens (including phenoxy) is 1. The maximum Gasteiger partial charge on any atom is 0.409 e. The van der Waals surface area contributed by atoms with Gasteiger partial charge in [-0.3, -0.25) is 4.90 Å². The fourth-order valence-electron chi connectivity index (χ4n) is 4.19. The Kier molecular flexibility index (Phi) is 15.3. The number of hydrogen-bond donors (Lipinski definition) is 1. The van der Waals surface area contributed by atoms with Crippen molar-refractivity contribution in [3.63, 3.8) is 0 Å². The maximum absolute atomic E-state index is 12.2. The van der Waals surface area contributed by atoms with Gasteiger partial charge in [-0.15, -0.1) is 0 Å². The topological polar surface area (TPSA) is 53.0 Å². The third-order valence-electron chi connectivity index (χ3n) is 6.29. The van der Waals surface area contributed by atoms with E-state index in [0.29, 0.717) is 6.54 Å². The number of unbranched alkanes of at least 4 members (excludes halogenated alkanes) is 13. The molecule has 1 N–H and O–H groups in total. The molecule has 5 nitrogen and oxygen atoms in total. The van der Waals surface area contributed by atoms with Gasteiger partial charge in [-0.2, -0.15) is 0 Å². The van der Waals surface area contributed by atoms with Crippen LogP contribution in [-0.4, -0.2) is 66.9 Å². The lowest BCUT2D eigenvalue weighted by molar-refractivity contribution is 0.0727. The Morgan fingerprint density at radius 2 is 1.41 bits per heavy atom. The molecule has 2 atom stereocenters. The Labute approximate surface area is 180 Å². The second-order valence-electron chi connectivity index (χ2n) is 9.04. The van der Waals surface area contributed by atoms with Gasteiger partial charge in [0.15, 0.2) is 0 Å². The van der Waals surface area contributed by atoms with Crippen LogP contribution < -0.4 is 0 Å². The zero-order chi connectivity index (χ0) is 21.3. The average Bonchev–Trinajstić information content (AvgIpc) is 3.07. The highest BCUT2D eigenvalue weighted by Crippen LogP contribution is 2.19. The lowest BCUT2D eigenvalue weighted by Gasteiger charge is -2.20. The molecule has 1 fully saturated rings. The second-order valence-corrected chi connectivity index (χ2v) is 9.04. The van der Waals surface area contributed by atoms with E-state index in [4.69, 9.17) is 4.74 Å².